The molecular formula is C11H13BrFNO2. The Kier molecular flexibility index (Phi) is 5.42. The summed E-state index contributed by atoms with van der Waals surface area (Å²) in [5.41, 5.74) is 0.622. The van der Waals surface area contributed by atoms with Crippen molar-refractivity contribution in [3.8, 4) is 0 Å². The van der Waals surface area contributed by atoms with Gasteiger partial charge in [-0.2, -0.15) is 0 Å². The summed E-state index contributed by atoms with van der Waals surface area (Å²) in [6.07, 6.45) is 0.631. The van der Waals surface area contributed by atoms with Gasteiger partial charge in [-0.15, -0.1) is 0 Å². The highest BCUT2D eigenvalue weighted by atomic mass is 79.9. The molecule has 0 amide bonds. The average Bonchev–Trinajstić information content (AvgIpc) is 2.22. The predicted octanol–water partition coefficient (Wildman–Crippen LogP) is 2.20. The highest BCUT2D eigenvalue weighted by Crippen LogP contribution is 2.15. The summed E-state index contributed by atoms with van der Waals surface area (Å²) >= 11 is 3.27. The SMILES string of the molecule is O=C(O)CCNCCc1cc(Br)ccc1F. The summed E-state index contributed by atoms with van der Waals surface area (Å²) in [6.45, 7) is 0.978. The zero-order valence-electron chi connectivity index (χ0n) is 8.67. The molecule has 0 radical (unpaired) electrons. The Morgan fingerprint density at radius 1 is 1.44 bits per heavy atom. The summed E-state index contributed by atoms with van der Waals surface area (Å²) in [5.74, 6) is -1.07. The molecule has 16 heavy (non-hydrogen) atoms. The van der Waals surface area contributed by atoms with E-state index in [1.807, 2.05) is 0 Å². The lowest BCUT2D eigenvalue weighted by Gasteiger charge is -2.05. The maximum absolute atomic E-state index is 13.3. The van der Waals surface area contributed by atoms with E-state index in [1.165, 1.54) is 6.07 Å². The van der Waals surface area contributed by atoms with E-state index in [-0.39, 0.29) is 12.2 Å². The molecule has 5 heteroatoms. The molecule has 0 aromatic heterocycles. The van der Waals surface area contributed by atoms with Gasteiger partial charge in [0, 0.05) is 11.0 Å². The van der Waals surface area contributed by atoms with E-state index in [1.54, 1.807) is 12.1 Å². The van der Waals surface area contributed by atoms with Crippen molar-refractivity contribution in [2.45, 2.75) is 12.8 Å². The summed E-state index contributed by atoms with van der Waals surface area (Å²) in [4.78, 5) is 10.2. The number of hydrogen-bond acceptors (Lipinski definition) is 2. The molecule has 2 N–H and O–H groups in total. The number of carboxylic acids is 1. The minimum atomic E-state index is -0.832. The van der Waals surface area contributed by atoms with Crippen molar-refractivity contribution in [2.24, 2.45) is 0 Å². The van der Waals surface area contributed by atoms with E-state index >= 15 is 0 Å². The fourth-order valence-electron chi connectivity index (χ4n) is 1.28. The normalized spacial score (nSPS) is 10.4. The minimum absolute atomic E-state index is 0.0843. The van der Waals surface area contributed by atoms with Gasteiger partial charge in [0.15, 0.2) is 0 Å². The topological polar surface area (TPSA) is 49.3 Å². The molecule has 0 aliphatic carbocycles. The van der Waals surface area contributed by atoms with Crippen molar-refractivity contribution in [3.63, 3.8) is 0 Å². The first-order valence-electron chi connectivity index (χ1n) is 4.96. The van der Waals surface area contributed by atoms with E-state index in [0.717, 1.165) is 4.47 Å². The first-order valence-corrected chi connectivity index (χ1v) is 5.75. The third-order valence-electron chi connectivity index (χ3n) is 2.09. The molecule has 1 rings (SSSR count). The fraction of sp³-hybridized carbons (Fsp3) is 0.364. The molecule has 88 valence electrons. The quantitative estimate of drug-likeness (QED) is 0.790. The zero-order chi connectivity index (χ0) is 12.0. The maximum Gasteiger partial charge on any atom is 0.304 e. The lowest BCUT2D eigenvalue weighted by atomic mass is 10.1. The van der Waals surface area contributed by atoms with Crippen LogP contribution in [0.5, 0.6) is 0 Å². The van der Waals surface area contributed by atoms with Gasteiger partial charge in [-0.3, -0.25) is 4.79 Å². The van der Waals surface area contributed by atoms with Crippen molar-refractivity contribution in [3.05, 3.63) is 34.1 Å². The molecule has 1 aromatic carbocycles. The van der Waals surface area contributed by atoms with Gasteiger partial charge >= 0.3 is 5.97 Å². The summed E-state index contributed by atoms with van der Waals surface area (Å²) in [7, 11) is 0. The van der Waals surface area contributed by atoms with Crippen LogP contribution in [0.4, 0.5) is 4.39 Å². The number of carbonyl (C=O) groups is 1. The number of hydrogen-bond donors (Lipinski definition) is 2. The van der Waals surface area contributed by atoms with Crippen LogP contribution in [-0.4, -0.2) is 24.2 Å². The van der Waals surface area contributed by atoms with Crippen molar-refractivity contribution in [1.82, 2.24) is 5.32 Å². The Labute approximate surface area is 102 Å². The number of benzene rings is 1. The molecule has 3 nitrogen and oxygen atoms in total. The smallest absolute Gasteiger partial charge is 0.304 e. The van der Waals surface area contributed by atoms with Crippen LogP contribution in [0.2, 0.25) is 0 Å². The van der Waals surface area contributed by atoms with E-state index in [0.29, 0.717) is 25.1 Å². The van der Waals surface area contributed by atoms with Crippen molar-refractivity contribution in [1.29, 1.82) is 0 Å². The van der Waals surface area contributed by atoms with Gasteiger partial charge in [-0.1, -0.05) is 15.9 Å². The molecule has 0 spiro atoms. The summed E-state index contributed by atoms with van der Waals surface area (Å²) in [6, 6.07) is 4.79. The van der Waals surface area contributed by atoms with Gasteiger partial charge in [-0.05, 0) is 36.7 Å². The number of carboxylic acid groups (broad SMARTS) is 1. The number of rotatable bonds is 6. The predicted molar refractivity (Wildman–Crippen MR) is 62.9 cm³/mol. The van der Waals surface area contributed by atoms with Crippen LogP contribution in [0.1, 0.15) is 12.0 Å². The van der Waals surface area contributed by atoms with Gasteiger partial charge < -0.3 is 10.4 Å². The zero-order valence-corrected chi connectivity index (χ0v) is 10.3. The molecule has 0 heterocycles. The summed E-state index contributed by atoms with van der Waals surface area (Å²) < 4.78 is 14.1. The highest BCUT2D eigenvalue weighted by molar-refractivity contribution is 9.10. The lowest BCUT2D eigenvalue weighted by Crippen LogP contribution is -2.21. The largest absolute Gasteiger partial charge is 0.481 e. The molecule has 0 fully saturated rings. The van der Waals surface area contributed by atoms with Crippen molar-refractivity contribution >= 4 is 21.9 Å². The Morgan fingerprint density at radius 2 is 2.19 bits per heavy atom. The molecule has 1 aromatic rings. The van der Waals surface area contributed by atoms with Crippen LogP contribution in [0.25, 0.3) is 0 Å². The Morgan fingerprint density at radius 3 is 2.88 bits per heavy atom. The van der Waals surface area contributed by atoms with E-state index in [4.69, 9.17) is 5.11 Å². The van der Waals surface area contributed by atoms with Crippen LogP contribution in [0.3, 0.4) is 0 Å². The first kappa shape index (κ1) is 13.1. The number of halogens is 2. The van der Waals surface area contributed by atoms with Crippen LogP contribution in [-0.2, 0) is 11.2 Å². The molecule has 0 unspecified atom stereocenters. The van der Waals surface area contributed by atoms with Crippen molar-refractivity contribution in [2.75, 3.05) is 13.1 Å². The van der Waals surface area contributed by atoms with Gasteiger partial charge in [0.1, 0.15) is 5.82 Å². The molecule has 0 aliphatic rings. The Balaban J connectivity index is 2.31. The minimum Gasteiger partial charge on any atom is -0.481 e. The Hall–Kier alpha value is -0.940. The number of nitrogens with one attached hydrogen (secondary N) is 1. The molecule has 0 saturated carbocycles. The van der Waals surface area contributed by atoms with E-state index < -0.39 is 5.97 Å². The summed E-state index contributed by atoms with van der Waals surface area (Å²) in [5, 5.41) is 11.4. The van der Waals surface area contributed by atoms with E-state index in [9.17, 15) is 9.18 Å². The number of aliphatic carboxylic acids is 1. The highest BCUT2D eigenvalue weighted by Gasteiger charge is 2.02. The van der Waals surface area contributed by atoms with Gasteiger partial charge in [-0.25, -0.2) is 4.39 Å². The van der Waals surface area contributed by atoms with Crippen LogP contribution in [0, 0.1) is 5.82 Å². The van der Waals surface area contributed by atoms with Crippen LogP contribution >= 0.6 is 15.9 Å². The standard InChI is InChI=1S/C11H13BrFNO2/c12-9-1-2-10(13)8(7-9)3-5-14-6-4-11(15)16/h1-2,7,14H,3-6H2,(H,15,16). The molecule has 0 saturated heterocycles. The maximum atomic E-state index is 13.3. The average molecular weight is 290 g/mol. The Bertz CT molecular complexity index is 371. The molecule has 0 aliphatic heterocycles. The second-order valence-corrected chi connectivity index (χ2v) is 4.30. The fourth-order valence-corrected chi connectivity index (χ4v) is 1.69. The van der Waals surface area contributed by atoms with Gasteiger partial charge in [0.2, 0.25) is 0 Å². The second-order valence-electron chi connectivity index (χ2n) is 3.38. The van der Waals surface area contributed by atoms with E-state index in [2.05, 4.69) is 21.2 Å². The molecule has 0 atom stereocenters. The van der Waals surface area contributed by atoms with Crippen molar-refractivity contribution < 1.29 is 14.3 Å². The van der Waals surface area contributed by atoms with Crippen LogP contribution in [0.15, 0.2) is 22.7 Å². The monoisotopic (exact) mass is 289 g/mol. The molecule has 0 bridgehead atoms. The molecular weight excluding hydrogens is 277 g/mol. The third kappa shape index (κ3) is 4.72. The van der Waals surface area contributed by atoms with Crippen LogP contribution < -0.4 is 5.32 Å². The van der Waals surface area contributed by atoms with Gasteiger partial charge in [0.05, 0.1) is 6.42 Å². The third-order valence-corrected chi connectivity index (χ3v) is 2.59. The second kappa shape index (κ2) is 6.60. The van der Waals surface area contributed by atoms with Gasteiger partial charge in [0.25, 0.3) is 0 Å². The first-order chi connectivity index (χ1) is 7.59. The lowest BCUT2D eigenvalue weighted by molar-refractivity contribution is -0.136.